The van der Waals surface area contributed by atoms with Crippen molar-refractivity contribution in [3.05, 3.63) is 0 Å². The molecule has 0 aromatic heterocycles. The van der Waals surface area contributed by atoms with E-state index in [0.29, 0.717) is 0 Å². The van der Waals surface area contributed by atoms with E-state index in [1.54, 1.807) is 4.74 Å². The topological polar surface area (TPSA) is 36.9 Å². The highest BCUT2D eigenvalue weighted by atomic mass is 28.4. The summed E-state index contributed by atoms with van der Waals surface area (Å²) in [5.74, 6) is -23.8. The highest BCUT2D eigenvalue weighted by Gasteiger charge is 2.87. The molecule has 0 aromatic carbocycles. The maximum absolute atomic E-state index is 14.3. The van der Waals surface area contributed by atoms with Crippen molar-refractivity contribution >= 4 is 8.32 Å². The van der Waals surface area contributed by atoms with Gasteiger partial charge < -0.3 is 9.16 Å². The first-order chi connectivity index (χ1) is 16.7. The fraction of sp³-hybridized carbons (Fsp3) is 1.00. The lowest BCUT2D eigenvalue weighted by molar-refractivity contribution is -0.571. The van der Waals surface area contributed by atoms with E-state index >= 15 is 0 Å². The number of halogens is 19. The Hall–Kier alpha value is -1.27. The molecule has 0 rings (SSSR count). The summed E-state index contributed by atoms with van der Waals surface area (Å²) in [5, 5.41) is 0. The van der Waals surface area contributed by atoms with Gasteiger partial charge in [-0.3, -0.25) is 9.47 Å². The second-order valence-corrected chi connectivity index (χ2v) is 12.4. The number of alkyl halides is 19. The van der Waals surface area contributed by atoms with Crippen LogP contribution in [-0.4, -0.2) is 76.5 Å². The molecule has 0 fully saturated rings. The third kappa shape index (κ3) is 7.52. The molecule has 0 amide bonds. The zero-order chi connectivity index (χ0) is 31.9. The maximum atomic E-state index is 14.3. The number of hydrogen-bond donors (Lipinski definition) is 0. The summed E-state index contributed by atoms with van der Waals surface area (Å²) in [6.45, 7) is 1.07. The number of hydrogen-bond acceptors (Lipinski definition) is 4. The second kappa shape index (κ2) is 10.9. The van der Waals surface area contributed by atoms with Crippen LogP contribution in [0.5, 0.6) is 0 Å². The smallest absolute Gasteiger partial charge is 0.420 e. The quantitative estimate of drug-likeness (QED) is 0.117. The summed E-state index contributed by atoms with van der Waals surface area (Å²) in [6.07, 6.45) is -47.3. The average molecular weight is 648 g/mol. The molecule has 236 valence electrons. The Morgan fingerprint density at radius 3 is 1.21 bits per heavy atom. The van der Waals surface area contributed by atoms with Gasteiger partial charge in [-0.1, -0.05) is 0 Å². The van der Waals surface area contributed by atoms with E-state index in [4.69, 9.17) is 4.43 Å². The van der Waals surface area contributed by atoms with Crippen LogP contribution >= 0.6 is 0 Å². The maximum Gasteiger partial charge on any atom is 0.462 e. The highest BCUT2D eigenvalue weighted by molar-refractivity contribution is 6.71. The lowest BCUT2D eigenvalue weighted by Gasteiger charge is -2.41. The molecule has 0 heterocycles. The van der Waals surface area contributed by atoms with E-state index in [2.05, 4.69) is 4.74 Å². The van der Waals surface area contributed by atoms with Crippen LogP contribution in [0.25, 0.3) is 0 Å². The largest absolute Gasteiger partial charge is 0.462 e. The minimum absolute atomic E-state index is 0.264. The third-order valence-electron chi connectivity index (χ3n) is 4.50. The highest BCUT2D eigenvalue weighted by Crippen LogP contribution is 2.58. The number of ether oxygens (including phenoxy) is 3. The first-order valence-corrected chi connectivity index (χ1v) is 12.5. The monoisotopic (exact) mass is 648 g/mol. The minimum atomic E-state index is -8.26. The molecule has 0 spiro atoms. The van der Waals surface area contributed by atoms with Gasteiger partial charge in [0.05, 0.1) is 6.61 Å². The third-order valence-corrected chi connectivity index (χ3v) is 7.16. The van der Waals surface area contributed by atoms with Crippen LogP contribution in [0.2, 0.25) is 19.1 Å². The van der Waals surface area contributed by atoms with Crippen molar-refractivity contribution in [2.75, 3.05) is 13.7 Å². The van der Waals surface area contributed by atoms with Gasteiger partial charge in [-0.05, 0) is 25.6 Å². The predicted octanol–water partition coefficient (Wildman–Crippen LogP) is 7.71. The number of rotatable bonds is 13. The molecule has 0 aliphatic rings. The molecule has 4 nitrogen and oxygen atoms in total. The fourth-order valence-electron chi connectivity index (χ4n) is 2.11. The summed E-state index contributed by atoms with van der Waals surface area (Å²) in [7, 11) is -1.58. The molecule has 0 aliphatic heterocycles. The van der Waals surface area contributed by atoms with Crippen LogP contribution in [0.15, 0.2) is 0 Å². The molecule has 0 bridgehead atoms. The second-order valence-electron chi connectivity index (χ2n) is 7.93. The normalized spacial score (nSPS) is 18.6. The molecular formula is C15H15F19O4Si. The van der Waals surface area contributed by atoms with Crippen molar-refractivity contribution < 1.29 is 102 Å². The van der Waals surface area contributed by atoms with Gasteiger partial charge >= 0.3 is 54.5 Å². The molecular weight excluding hydrogens is 633 g/mol. The van der Waals surface area contributed by atoms with Crippen molar-refractivity contribution in [3.63, 3.8) is 0 Å². The van der Waals surface area contributed by atoms with Crippen LogP contribution in [0.3, 0.4) is 0 Å². The van der Waals surface area contributed by atoms with Gasteiger partial charge in [-0.15, -0.1) is 0 Å². The minimum Gasteiger partial charge on any atom is -0.420 e. The van der Waals surface area contributed by atoms with E-state index in [0.717, 1.165) is 7.11 Å². The van der Waals surface area contributed by atoms with E-state index in [9.17, 15) is 83.4 Å². The molecule has 0 radical (unpaired) electrons. The first-order valence-electron chi connectivity index (χ1n) is 9.37. The van der Waals surface area contributed by atoms with Gasteiger partial charge in [0.25, 0.3) is 0 Å². The lowest BCUT2D eigenvalue weighted by atomic mass is 10.2. The molecule has 0 saturated carbocycles. The molecule has 0 saturated heterocycles. The van der Waals surface area contributed by atoms with E-state index in [-0.39, 0.29) is 6.04 Å². The average Bonchev–Trinajstić information content (AvgIpc) is 2.67. The van der Waals surface area contributed by atoms with Crippen LogP contribution in [0, 0.1) is 0 Å². The summed E-state index contributed by atoms with van der Waals surface area (Å²) in [4.78, 5) is 0. The Morgan fingerprint density at radius 1 is 0.513 bits per heavy atom. The van der Waals surface area contributed by atoms with Crippen molar-refractivity contribution in [3.8, 4) is 0 Å². The van der Waals surface area contributed by atoms with Gasteiger partial charge in [0, 0.05) is 7.11 Å². The molecule has 24 heteroatoms. The van der Waals surface area contributed by atoms with Crippen LogP contribution in [-0.2, 0) is 18.6 Å². The van der Waals surface area contributed by atoms with Crippen LogP contribution < -0.4 is 0 Å². The fourth-order valence-corrected chi connectivity index (χ4v) is 3.31. The van der Waals surface area contributed by atoms with Gasteiger partial charge in [0.2, 0.25) is 0 Å². The van der Waals surface area contributed by atoms with Gasteiger partial charge in [-0.2, -0.15) is 83.4 Å². The van der Waals surface area contributed by atoms with Crippen molar-refractivity contribution in [2.45, 2.75) is 80.0 Å². The Balaban J connectivity index is 6.60. The van der Waals surface area contributed by atoms with E-state index in [1.807, 2.05) is 0 Å². The summed E-state index contributed by atoms with van der Waals surface area (Å²) >= 11 is 0. The lowest BCUT2D eigenvalue weighted by Crippen LogP contribution is -2.69. The van der Waals surface area contributed by atoms with Gasteiger partial charge in [0.15, 0.2) is 8.32 Å². The van der Waals surface area contributed by atoms with Crippen molar-refractivity contribution in [1.82, 2.24) is 0 Å². The summed E-state index contributed by atoms with van der Waals surface area (Å²) in [6, 6.07) is -0.264. The Bertz CT molecular complexity index is 823. The van der Waals surface area contributed by atoms with E-state index in [1.165, 1.54) is 17.8 Å². The summed E-state index contributed by atoms with van der Waals surface area (Å²) < 4.78 is 260. The van der Waals surface area contributed by atoms with Gasteiger partial charge in [0.1, 0.15) is 0 Å². The standard InChI is InChI=1S/C15H15F19O4Si/c1-35-39(2,3)6-4-5-36-14(31,32)8(18,11(23,24)25)38-15(33,34)9(19,12(26,27)28)37-13(29,30)7(16,17)10(20,21)22/h4-6H2,1-3H3. The summed E-state index contributed by atoms with van der Waals surface area (Å²) in [5.41, 5.74) is 0. The molecule has 0 N–H and O–H groups in total. The van der Waals surface area contributed by atoms with Crippen LogP contribution in [0.1, 0.15) is 6.42 Å². The SMILES string of the molecule is CO[Si](C)(C)CCCOC(F)(F)C(F)(OC(F)(F)C(F)(OC(F)(F)C(F)(F)C(F)(F)F)C(F)(F)F)C(F)(F)F. The zero-order valence-electron chi connectivity index (χ0n) is 18.9. The van der Waals surface area contributed by atoms with Crippen molar-refractivity contribution in [2.24, 2.45) is 0 Å². The Labute approximate surface area is 205 Å². The van der Waals surface area contributed by atoms with Gasteiger partial charge in [-0.25, -0.2) is 0 Å². The molecule has 2 atom stereocenters. The van der Waals surface area contributed by atoms with Crippen molar-refractivity contribution in [1.29, 1.82) is 0 Å². The molecule has 0 aliphatic carbocycles. The molecule has 0 aromatic rings. The molecule has 2 unspecified atom stereocenters. The Kier molecular flexibility index (Phi) is 10.5. The zero-order valence-corrected chi connectivity index (χ0v) is 19.9. The van der Waals surface area contributed by atoms with Crippen LogP contribution in [0.4, 0.5) is 83.4 Å². The first kappa shape index (κ1) is 37.7. The molecule has 39 heavy (non-hydrogen) atoms. The Morgan fingerprint density at radius 2 is 0.872 bits per heavy atom. The predicted molar refractivity (Wildman–Crippen MR) is 87.7 cm³/mol. The van der Waals surface area contributed by atoms with E-state index < -0.39 is 75.8 Å².